The minimum atomic E-state index is -0.437. The van der Waals surface area contributed by atoms with E-state index < -0.39 is 12.2 Å². The normalized spacial score (nSPS) is 26.7. The molecule has 0 radical (unpaired) electrons. The van der Waals surface area contributed by atoms with E-state index in [9.17, 15) is 10.2 Å². The third-order valence-electron chi connectivity index (χ3n) is 7.58. The third-order valence-corrected chi connectivity index (χ3v) is 7.58. The van der Waals surface area contributed by atoms with Gasteiger partial charge in [0.25, 0.3) is 0 Å². The van der Waals surface area contributed by atoms with E-state index in [1.165, 1.54) is 0 Å². The third kappa shape index (κ3) is 4.28. The van der Waals surface area contributed by atoms with Crippen molar-refractivity contribution in [3.8, 4) is 0 Å². The summed E-state index contributed by atoms with van der Waals surface area (Å²) in [7, 11) is 0. The van der Waals surface area contributed by atoms with Crippen LogP contribution in [0.15, 0.2) is 24.5 Å². The minimum absolute atomic E-state index is 0.117. The Balaban J connectivity index is 0.000000155. The van der Waals surface area contributed by atoms with Crippen molar-refractivity contribution >= 4 is 33.4 Å². The predicted molar refractivity (Wildman–Crippen MR) is 143 cm³/mol. The molecule has 6 N–H and O–H groups in total. The number of aromatic nitrogens is 6. The molecule has 0 aromatic carbocycles. The fraction of sp³-hybridized carbons (Fsp3) is 0.462. The van der Waals surface area contributed by atoms with Crippen LogP contribution in [0.4, 0.5) is 11.6 Å². The van der Waals surface area contributed by atoms with Crippen LogP contribution in [0.25, 0.3) is 31.5 Å². The van der Waals surface area contributed by atoms with E-state index in [0.29, 0.717) is 37.3 Å². The Bertz CT molecular complexity index is 1460. The Morgan fingerprint density at radius 1 is 0.763 bits per heavy atom. The molecular formula is C26H30N10O2. The van der Waals surface area contributed by atoms with Crippen molar-refractivity contribution in [2.75, 3.05) is 11.5 Å². The summed E-state index contributed by atoms with van der Waals surface area (Å²) in [4.78, 5) is 15.7. The second-order valence-electron chi connectivity index (χ2n) is 10.0. The first-order valence-electron chi connectivity index (χ1n) is 12.5. The maximum Gasteiger partial charge on any atom is 0.248 e. The highest BCUT2D eigenvalue weighted by Crippen LogP contribution is 2.37. The number of rotatable bonds is 2. The zero-order valence-corrected chi connectivity index (χ0v) is 21.2. The summed E-state index contributed by atoms with van der Waals surface area (Å²) in [6, 6.07) is 2.99. The van der Waals surface area contributed by atoms with Crippen LogP contribution in [0.5, 0.6) is 0 Å². The average Bonchev–Trinajstić information content (AvgIpc) is 3.63. The van der Waals surface area contributed by atoms with Crippen LogP contribution in [-0.2, 0) is 0 Å². The molecule has 196 valence electrons. The van der Waals surface area contributed by atoms with Crippen LogP contribution >= 0.6 is 0 Å². The molecule has 2 aliphatic rings. The van der Waals surface area contributed by atoms with Crippen molar-refractivity contribution in [2.45, 2.75) is 75.9 Å². The minimum Gasteiger partial charge on any atom is -0.393 e. The van der Waals surface area contributed by atoms with Gasteiger partial charge in [0.15, 0.2) is 11.6 Å². The maximum atomic E-state index is 9.77. The fourth-order valence-corrected chi connectivity index (χ4v) is 5.81. The molecule has 2 unspecified atom stereocenters. The lowest BCUT2D eigenvalue weighted by Gasteiger charge is -2.12. The smallest absolute Gasteiger partial charge is 0.248 e. The van der Waals surface area contributed by atoms with Crippen LogP contribution in [0.1, 0.15) is 49.2 Å². The summed E-state index contributed by atoms with van der Waals surface area (Å²) >= 11 is 0. The topological polar surface area (TPSA) is 163 Å². The van der Waals surface area contributed by atoms with Gasteiger partial charge in [-0.05, 0) is 26.0 Å². The van der Waals surface area contributed by atoms with Gasteiger partial charge in [-0.15, -0.1) is 0 Å². The molecule has 12 heteroatoms. The van der Waals surface area contributed by atoms with Crippen LogP contribution in [-0.4, -0.2) is 64.0 Å². The molecule has 6 rings (SSSR count). The second-order valence-corrected chi connectivity index (χ2v) is 10.0. The van der Waals surface area contributed by atoms with Gasteiger partial charge in [-0.1, -0.05) is 0 Å². The lowest BCUT2D eigenvalue weighted by molar-refractivity contribution is 0.177. The molecule has 4 aromatic rings. The van der Waals surface area contributed by atoms with Gasteiger partial charge >= 0.3 is 0 Å². The Morgan fingerprint density at radius 2 is 1.16 bits per heavy atom. The van der Waals surface area contributed by atoms with Gasteiger partial charge in [-0.25, -0.2) is 13.1 Å². The fourth-order valence-electron chi connectivity index (χ4n) is 5.81. The van der Waals surface area contributed by atoms with Crippen molar-refractivity contribution in [3.05, 3.63) is 58.7 Å². The van der Waals surface area contributed by atoms with Crippen molar-refractivity contribution < 1.29 is 10.2 Å². The van der Waals surface area contributed by atoms with Crippen molar-refractivity contribution in [1.29, 1.82) is 0 Å². The number of pyridine rings is 2. The Labute approximate surface area is 219 Å². The largest absolute Gasteiger partial charge is 0.393 e. The molecule has 12 nitrogen and oxygen atoms in total. The molecule has 0 bridgehead atoms. The lowest BCUT2D eigenvalue weighted by Crippen LogP contribution is -2.17. The zero-order valence-electron chi connectivity index (χ0n) is 21.2. The molecule has 2 saturated carbocycles. The molecule has 38 heavy (non-hydrogen) atoms. The first kappa shape index (κ1) is 25.4. The molecule has 0 saturated heterocycles. The summed E-state index contributed by atoms with van der Waals surface area (Å²) in [5.74, 6) is 0.872. The molecule has 0 amide bonds. The average molecular weight is 515 g/mol. The molecule has 4 heterocycles. The van der Waals surface area contributed by atoms with E-state index in [2.05, 4.69) is 29.9 Å². The van der Waals surface area contributed by atoms with E-state index >= 15 is 0 Å². The quantitative estimate of drug-likeness (QED) is 0.297. The number of fused-ring (bicyclic) bond motifs is 2. The van der Waals surface area contributed by atoms with Crippen molar-refractivity contribution in [2.24, 2.45) is 0 Å². The Kier molecular flexibility index (Phi) is 6.61. The number of hydrogen-bond donors (Lipinski definition) is 4. The van der Waals surface area contributed by atoms with Crippen LogP contribution in [0, 0.1) is 27.0 Å². The monoisotopic (exact) mass is 514 g/mol. The maximum absolute atomic E-state index is 9.77. The van der Waals surface area contributed by atoms with Gasteiger partial charge in [-0.3, -0.25) is 19.3 Å². The first-order valence-corrected chi connectivity index (χ1v) is 12.5. The van der Waals surface area contributed by atoms with E-state index in [1.54, 1.807) is 21.8 Å². The number of aryl methyl sites for hydroxylation is 2. The number of anilines is 2. The van der Waals surface area contributed by atoms with Gasteiger partial charge in [0, 0.05) is 25.2 Å². The van der Waals surface area contributed by atoms with Crippen LogP contribution < -0.4 is 11.5 Å². The van der Waals surface area contributed by atoms with Crippen LogP contribution in [0.2, 0.25) is 0 Å². The van der Waals surface area contributed by atoms with Gasteiger partial charge < -0.3 is 31.4 Å². The van der Waals surface area contributed by atoms with E-state index in [1.807, 2.05) is 26.0 Å². The van der Waals surface area contributed by atoms with Crippen molar-refractivity contribution in [3.63, 3.8) is 0 Å². The summed E-state index contributed by atoms with van der Waals surface area (Å²) in [6.45, 7) is 18.3. The Morgan fingerprint density at radius 3 is 1.53 bits per heavy atom. The molecule has 6 atom stereocenters. The van der Waals surface area contributed by atoms with Gasteiger partial charge in [-0.2, -0.15) is 10.2 Å². The lowest BCUT2D eigenvalue weighted by atomic mass is 10.1. The number of hydrogen-bond acceptors (Lipinski definition) is 8. The van der Waals surface area contributed by atoms with Gasteiger partial charge in [0.2, 0.25) is 12.1 Å². The molecular weight excluding hydrogens is 484 g/mol. The van der Waals surface area contributed by atoms with Crippen molar-refractivity contribution in [1.82, 2.24) is 29.5 Å². The number of nitrogens with two attached hydrogens (primary N) is 2. The number of nitrogens with zero attached hydrogens (tertiary/aromatic N) is 8. The van der Waals surface area contributed by atoms with E-state index in [0.717, 1.165) is 33.2 Å². The summed E-state index contributed by atoms with van der Waals surface area (Å²) in [5, 5.41) is 29.9. The molecule has 2 aliphatic carbocycles. The predicted octanol–water partition coefficient (Wildman–Crippen LogP) is 2.61. The highest BCUT2D eigenvalue weighted by molar-refractivity contribution is 5.91. The first-order chi connectivity index (χ1) is 18.2. The molecule has 0 aliphatic heterocycles. The number of aliphatic hydroxyl groups is 2. The van der Waals surface area contributed by atoms with E-state index in [4.69, 9.17) is 24.6 Å². The second kappa shape index (κ2) is 9.89. The molecule has 4 aromatic heterocycles. The molecule has 2 fully saturated rings. The summed E-state index contributed by atoms with van der Waals surface area (Å²) in [6.07, 6.45) is 4.65. The summed E-state index contributed by atoms with van der Waals surface area (Å²) < 4.78 is 3.58. The zero-order chi connectivity index (χ0) is 27.1. The standard InChI is InChI=1S/2C13H15N5O/c2*1-7-12-10(3-4-16-7)18(17-13(12)14)11-6-8(19)5-9(11)15-2/h2*3-4,8-9,11,19H,5-6H2,1H3,(H2,14,17)/t8?,9-,11+;8?,9-,11-/m11/s1. The highest BCUT2D eigenvalue weighted by Gasteiger charge is 2.41. The molecule has 0 spiro atoms. The summed E-state index contributed by atoms with van der Waals surface area (Å²) in [5.41, 5.74) is 15.3. The number of aliphatic hydroxyl groups excluding tert-OH is 2. The number of nitrogen functional groups attached to an aromatic ring is 2. The van der Waals surface area contributed by atoms with Crippen LogP contribution in [0.3, 0.4) is 0 Å². The SMILES string of the molecule is [C-]#[N+][C@@H]1CC(O)C[C@@H]1n1nc(N)c2c(C)nccc21.[C-]#[N+][C@@H]1CC(O)C[C@H]1n1nc(N)c2c(C)nccc21. The Hall–Kier alpha value is -4.26. The van der Waals surface area contributed by atoms with E-state index in [-0.39, 0.29) is 24.2 Å². The van der Waals surface area contributed by atoms with Gasteiger partial charge in [0.1, 0.15) is 12.1 Å². The highest BCUT2D eigenvalue weighted by atomic mass is 16.3. The van der Waals surface area contributed by atoms with Gasteiger partial charge in [0.05, 0.1) is 58.2 Å².